The number of nitrogen functional groups attached to an aromatic ring is 1. The van der Waals surface area contributed by atoms with E-state index in [1.807, 2.05) is 0 Å². The molecule has 0 heterocycles. The number of nitrogens with two attached hydrogens (primary N) is 1. The fourth-order valence-electron chi connectivity index (χ4n) is 1.12. The van der Waals surface area contributed by atoms with Gasteiger partial charge in [-0.25, -0.2) is 9.18 Å². The molecule has 0 fully saturated rings. The van der Waals surface area contributed by atoms with Gasteiger partial charge < -0.3 is 15.2 Å². The van der Waals surface area contributed by atoms with Gasteiger partial charge in [0.05, 0.1) is 17.9 Å². The van der Waals surface area contributed by atoms with Gasteiger partial charge in [0.2, 0.25) is 0 Å². The van der Waals surface area contributed by atoms with Crippen molar-refractivity contribution in [3.05, 3.63) is 29.6 Å². The quantitative estimate of drug-likeness (QED) is 0.389. The first-order valence-corrected chi connectivity index (χ1v) is 5.16. The summed E-state index contributed by atoms with van der Waals surface area (Å²) in [5.41, 5.74) is 5.01. The number of benzene rings is 1. The van der Waals surface area contributed by atoms with Crippen LogP contribution in [0.25, 0.3) is 0 Å². The van der Waals surface area contributed by atoms with Gasteiger partial charge in [-0.1, -0.05) is 0 Å². The molecule has 0 amide bonds. The number of anilines is 1. The summed E-state index contributed by atoms with van der Waals surface area (Å²) < 4.78 is 57.0. The Kier molecular flexibility index (Phi) is 5.11. The molecule has 0 spiro atoms. The second-order valence-electron chi connectivity index (χ2n) is 3.54. The van der Waals surface area contributed by atoms with Crippen molar-refractivity contribution in [3.63, 3.8) is 0 Å². The zero-order chi connectivity index (χ0) is 14.5. The van der Waals surface area contributed by atoms with Crippen molar-refractivity contribution in [3.8, 4) is 0 Å². The molecule has 1 aromatic carbocycles. The number of hydrogen-bond acceptors (Lipinski definition) is 4. The van der Waals surface area contributed by atoms with Crippen LogP contribution in [0.4, 0.5) is 23.2 Å². The average Bonchev–Trinajstić information content (AvgIpc) is 2.30. The lowest BCUT2D eigenvalue weighted by Gasteiger charge is -2.08. The summed E-state index contributed by atoms with van der Waals surface area (Å²) in [4.78, 5) is 11.4. The molecule has 0 radical (unpaired) electrons. The van der Waals surface area contributed by atoms with Crippen LogP contribution in [-0.4, -0.2) is 32.0 Å². The van der Waals surface area contributed by atoms with Gasteiger partial charge in [0.25, 0.3) is 0 Å². The lowest BCUT2D eigenvalue weighted by molar-refractivity contribution is -0.175. The monoisotopic (exact) mass is 281 g/mol. The van der Waals surface area contributed by atoms with Crippen LogP contribution in [0.1, 0.15) is 10.4 Å². The van der Waals surface area contributed by atoms with Crippen LogP contribution in [0.15, 0.2) is 18.2 Å². The van der Waals surface area contributed by atoms with Crippen molar-refractivity contribution in [1.29, 1.82) is 0 Å². The molecule has 106 valence electrons. The first-order chi connectivity index (χ1) is 8.79. The number of ether oxygens (including phenoxy) is 2. The standard InChI is InChI=1S/C11H11F4NO3/c12-8-5-7(1-2-9(8)16)10(17)19-4-3-18-6-11(13,14)15/h1-2,5H,3-4,6,16H2. The lowest BCUT2D eigenvalue weighted by Crippen LogP contribution is -2.19. The number of hydrogen-bond donors (Lipinski definition) is 1. The molecule has 0 atom stereocenters. The molecule has 0 saturated carbocycles. The van der Waals surface area contributed by atoms with E-state index < -0.39 is 31.2 Å². The Balaban J connectivity index is 2.33. The minimum Gasteiger partial charge on any atom is -0.460 e. The van der Waals surface area contributed by atoms with E-state index in [4.69, 9.17) is 5.73 Å². The van der Waals surface area contributed by atoms with Gasteiger partial charge in [0.15, 0.2) is 0 Å². The van der Waals surface area contributed by atoms with Gasteiger partial charge >= 0.3 is 12.1 Å². The highest BCUT2D eigenvalue weighted by molar-refractivity contribution is 5.89. The second kappa shape index (κ2) is 6.37. The van der Waals surface area contributed by atoms with Gasteiger partial charge in [-0.3, -0.25) is 0 Å². The van der Waals surface area contributed by atoms with E-state index in [0.717, 1.165) is 6.07 Å². The Hall–Kier alpha value is -1.83. The molecule has 0 aliphatic carbocycles. The van der Waals surface area contributed by atoms with Crippen molar-refractivity contribution in [2.45, 2.75) is 6.18 Å². The van der Waals surface area contributed by atoms with Crippen LogP contribution in [0.3, 0.4) is 0 Å². The summed E-state index contributed by atoms with van der Waals surface area (Å²) in [6.07, 6.45) is -4.43. The van der Waals surface area contributed by atoms with Crippen molar-refractivity contribution in [1.82, 2.24) is 0 Å². The average molecular weight is 281 g/mol. The number of alkyl halides is 3. The lowest BCUT2D eigenvalue weighted by atomic mass is 10.2. The minimum absolute atomic E-state index is 0.0810. The smallest absolute Gasteiger partial charge is 0.411 e. The van der Waals surface area contributed by atoms with Crippen molar-refractivity contribution >= 4 is 11.7 Å². The largest absolute Gasteiger partial charge is 0.460 e. The third-order valence-corrected chi connectivity index (χ3v) is 1.96. The molecule has 19 heavy (non-hydrogen) atoms. The highest BCUT2D eigenvalue weighted by Crippen LogP contribution is 2.14. The van der Waals surface area contributed by atoms with Gasteiger partial charge in [0.1, 0.15) is 19.0 Å². The summed E-state index contributed by atoms with van der Waals surface area (Å²) in [6, 6.07) is 3.32. The van der Waals surface area contributed by atoms with Crippen LogP contribution < -0.4 is 5.73 Å². The molecular weight excluding hydrogens is 270 g/mol. The van der Waals surface area contributed by atoms with E-state index in [0.29, 0.717) is 0 Å². The molecule has 0 saturated heterocycles. The number of halogens is 4. The normalized spacial score (nSPS) is 11.4. The van der Waals surface area contributed by atoms with Crippen molar-refractivity contribution < 1.29 is 31.8 Å². The zero-order valence-corrected chi connectivity index (χ0v) is 9.67. The van der Waals surface area contributed by atoms with Gasteiger partial charge in [-0.05, 0) is 18.2 Å². The fraction of sp³-hybridized carbons (Fsp3) is 0.364. The van der Waals surface area contributed by atoms with Crippen LogP contribution in [0.5, 0.6) is 0 Å². The molecule has 8 heteroatoms. The summed E-state index contributed by atoms with van der Waals surface area (Å²) in [7, 11) is 0. The van der Waals surface area contributed by atoms with E-state index >= 15 is 0 Å². The maximum atomic E-state index is 13.0. The number of esters is 1. The fourth-order valence-corrected chi connectivity index (χ4v) is 1.12. The number of carbonyl (C=O) groups excluding carboxylic acids is 1. The Bertz CT molecular complexity index is 448. The molecule has 0 aliphatic rings. The van der Waals surface area contributed by atoms with Crippen LogP contribution >= 0.6 is 0 Å². The topological polar surface area (TPSA) is 61.6 Å². The van der Waals surface area contributed by atoms with Gasteiger partial charge in [-0.2, -0.15) is 13.2 Å². The van der Waals surface area contributed by atoms with E-state index in [2.05, 4.69) is 9.47 Å². The predicted octanol–water partition coefficient (Wildman–Crippen LogP) is 2.14. The zero-order valence-electron chi connectivity index (χ0n) is 9.67. The minimum atomic E-state index is -4.43. The Morgan fingerprint density at radius 2 is 1.95 bits per heavy atom. The summed E-state index contributed by atoms with van der Waals surface area (Å²) in [5.74, 6) is -1.64. The SMILES string of the molecule is Nc1ccc(C(=O)OCCOCC(F)(F)F)cc1F. The highest BCUT2D eigenvalue weighted by atomic mass is 19.4. The van der Waals surface area contributed by atoms with Crippen LogP contribution in [0, 0.1) is 5.82 Å². The van der Waals surface area contributed by atoms with Crippen molar-refractivity contribution in [2.24, 2.45) is 0 Å². The molecule has 1 aromatic rings. The van der Waals surface area contributed by atoms with Gasteiger partial charge in [0, 0.05) is 0 Å². The molecule has 0 unspecified atom stereocenters. The molecule has 2 N–H and O–H groups in total. The van der Waals surface area contributed by atoms with Crippen LogP contribution in [-0.2, 0) is 9.47 Å². The third-order valence-electron chi connectivity index (χ3n) is 1.96. The highest BCUT2D eigenvalue weighted by Gasteiger charge is 2.27. The number of carbonyl (C=O) groups is 1. The summed E-state index contributed by atoms with van der Waals surface area (Å²) >= 11 is 0. The van der Waals surface area contributed by atoms with Crippen LogP contribution in [0.2, 0.25) is 0 Å². The van der Waals surface area contributed by atoms with E-state index in [-0.39, 0.29) is 17.9 Å². The molecule has 0 aromatic heterocycles. The first-order valence-electron chi connectivity index (χ1n) is 5.16. The second-order valence-corrected chi connectivity index (χ2v) is 3.54. The Morgan fingerprint density at radius 3 is 2.53 bits per heavy atom. The Morgan fingerprint density at radius 1 is 1.26 bits per heavy atom. The molecule has 0 bridgehead atoms. The maximum Gasteiger partial charge on any atom is 0.411 e. The summed E-state index contributed by atoms with van der Waals surface area (Å²) in [5, 5.41) is 0. The predicted molar refractivity (Wildman–Crippen MR) is 58.0 cm³/mol. The maximum absolute atomic E-state index is 13.0. The van der Waals surface area contributed by atoms with E-state index in [9.17, 15) is 22.4 Å². The third kappa shape index (κ3) is 5.56. The first kappa shape index (κ1) is 15.2. The summed E-state index contributed by atoms with van der Waals surface area (Å²) in [6.45, 7) is -2.18. The molecule has 0 aliphatic heterocycles. The van der Waals surface area contributed by atoms with E-state index in [1.165, 1.54) is 12.1 Å². The van der Waals surface area contributed by atoms with Gasteiger partial charge in [-0.15, -0.1) is 0 Å². The van der Waals surface area contributed by atoms with Crippen molar-refractivity contribution in [2.75, 3.05) is 25.6 Å². The number of rotatable bonds is 5. The Labute approximate surface area is 106 Å². The molecular formula is C11H11F4NO3. The van der Waals surface area contributed by atoms with E-state index in [1.54, 1.807) is 0 Å². The molecule has 4 nitrogen and oxygen atoms in total. The molecule has 1 rings (SSSR count).